The van der Waals surface area contributed by atoms with Crippen LogP contribution in [0.2, 0.25) is 0 Å². The summed E-state index contributed by atoms with van der Waals surface area (Å²) in [5.74, 6) is 0.869. The van der Waals surface area contributed by atoms with E-state index in [9.17, 15) is 4.79 Å². The van der Waals surface area contributed by atoms with Gasteiger partial charge in [0, 0.05) is 37.3 Å². The van der Waals surface area contributed by atoms with Gasteiger partial charge in [-0.15, -0.1) is 35.3 Å². The molecule has 0 aliphatic carbocycles. The second-order valence-electron chi connectivity index (χ2n) is 7.89. The van der Waals surface area contributed by atoms with E-state index in [1.54, 1.807) is 0 Å². The lowest BCUT2D eigenvalue weighted by atomic mass is 10.1. The number of hydrogen-bond donors (Lipinski definition) is 3. The summed E-state index contributed by atoms with van der Waals surface area (Å²) in [6, 6.07) is 12.7. The van der Waals surface area contributed by atoms with Gasteiger partial charge in [0.2, 0.25) is 5.91 Å². The van der Waals surface area contributed by atoms with Crippen LogP contribution in [0.15, 0.2) is 46.8 Å². The molecule has 2 heterocycles. The monoisotopic (exact) mass is 555 g/mol. The molecular formula is C23H34IN5OS. The van der Waals surface area contributed by atoms with E-state index in [0.717, 1.165) is 49.7 Å². The molecule has 0 atom stereocenters. The van der Waals surface area contributed by atoms with Crippen LogP contribution in [0.1, 0.15) is 39.2 Å². The van der Waals surface area contributed by atoms with E-state index in [0.29, 0.717) is 12.6 Å². The molecule has 0 bridgehead atoms. The van der Waals surface area contributed by atoms with Crippen LogP contribution in [-0.2, 0) is 11.3 Å². The van der Waals surface area contributed by atoms with Crippen molar-refractivity contribution in [3.63, 3.8) is 0 Å². The van der Waals surface area contributed by atoms with Gasteiger partial charge in [-0.25, -0.2) is 4.99 Å². The van der Waals surface area contributed by atoms with Crippen LogP contribution in [0.25, 0.3) is 0 Å². The first-order chi connectivity index (χ1) is 14.5. The first-order valence-electron chi connectivity index (χ1n) is 10.8. The molecule has 6 nitrogen and oxygen atoms in total. The summed E-state index contributed by atoms with van der Waals surface area (Å²) in [6.45, 7) is 9.44. The van der Waals surface area contributed by atoms with E-state index in [-0.39, 0.29) is 35.8 Å². The molecule has 0 unspecified atom stereocenters. The van der Waals surface area contributed by atoms with Crippen LogP contribution in [0.4, 0.5) is 10.7 Å². The number of halogens is 1. The molecule has 0 saturated carbocycles. The zero-order chi connectivity index (χ0) is 21.3. The molecule has 0 radical (unpaired) electrons. The molecule has 3 rings (SSSR count). The average molecular weight is 556 g/mol. The number of aliphatic imine (C=N–C) groups is 1. The second kappa shape index (κ2) is 12.9. The van der Waals surface area contributed by atoms with E-state index in [2.05, 4.69) is 45.3 Å². The SMILES string of the molecule is CCNC(=NCc1ccc(NC(=O)C(C)C)cc1)NC1CCN(c2cccs2)CC1.I. The molecule has 31 heavy (non-hydrogen) atoms. The van der Waals surface area contributed by atoms with Gasteiger partial charge in [-0.05, 0) is 55.0 Å². The molecule has 1 aromatic heterocycles. The zero-order valence-corrected chi connectivity index (χ0v) is 21.7. The minimum absolute atomic E-state index is 0. The summed E-state index contributed by atoms with van der Waals surface area (Å²) < 4.78 is 0. The Morgan fingerprint density at radius 1 is 1.19 bits per heavy atom. The number of hydrogen-bond acceptors (Lipinski definition) is 4. The van der Waals surface area contributed by atoms with Crippen molar-refractivity contribution in [3.8, 4) is 0 Å². The molecule has 1 saturated heterocycles. The Morgan fingerprint density at radius 2 is 1.90 bits per heavy atom. The molecule has 1 aromatic carbocycles. The Hall–Kier alpha value is -1.81. The van der Waals surface area contributed by atoms with Crippen LogP contribution in [-0.4, -0.2) is 37.5 Å². The molecule has 1 fully saturated rings. The predicted molar refractivity (Wildman–Crippen MR) is 143 cm³/mol. The number of nitrogens with one attached hydrogen (secondary N) is 3. The number of thiophene rings is 1. The van der Waals surface area contributed by atoms with Crippen molar-refractivity contribution in [2.75, 3.05) is 29.9 Å². The largest absolute Gasteiger partial charge is 0.363 e. The fourth-order valence-electron chi connectivity index (χ4n) is 3.36. The topological polar surface area (TPSA) is 68.8 Å². The Bertz CT molecular complexity index is 815. The van der Waals surface area contributed by atoms with E-state index < -0.39 is 0 Å². The van der Waals surface area contributed by atoms with Crippen LogP contribution < -0.4 is 20.9 Å². The lowest BCUT2D eigenvalue weighted by molar-refractivity contribution is -0.118. The zero-order valence-electron chi connectivity index (χ0n) is 18.6. The van der Waals surface area contributed by atoms with Crippen molar-refractivity contribution < 1.29 is 4.79 Å². The number of nitrogens with zero attached hydrogens (tertiary/aromatic N) is 2. The van der Waals surface area contributed by atoms with Gasteiger partial charge in [-0.1, -0.05) is 26.0 Å². The quantitative estimate of drug-likeness (QED) is 0.264. The minimum atomic E-state index is -0.0276. The second-order valence-corrected chi connectivity index (χ2v) is 8.82. The third-order valence-corrected chi connectivity index (χ3v) is 6.09. The van der Waals surface area contributed by atoms with Crippen LogP contribution in [0.5, 0.6) is 0 Å². The highest BCUT2D eigenvalue weighted by Gasteiger charge is 2.20. The highest BCUT2D eigenvalue weighted by molar-refractivity contribution is 14.0. The maximum atomic E-state index is 11.8. The van der Waals surface area contributed by atoms with E-state index in [1.807, 2.05) is 49.4 Å². The normalized spacial score (nSPS) is 14.8. The summed E-state index contributed by atoms with van der Waals surface area (Å²) in [6.07, 6.45) is 2.21. The summed E-state index contributed by atoms with van der Waals surface area (Å²) >= 11 is 1.81. The smallest absolute Gasteiger partial charge is 0.226 e. The molecule has 1 aliphatic rings. The lowest BCUT2D eigenvalue weighted by Gasteiger charge is -2.33. The van der Waals surface area contributed by atoms with Gasteiger partial charge in [0.05, 0.1) is 11.5 Å². The molecular weight excluding hydrogens is 521 g/mol. The molecule has 2 aromatic rings. The first kappa shape index (κ1) is 25.5. The van der Waals surface area contributed by atoms with Gasteiger partial charge >= 0.3 is 0 Å². The van der Waals surface area contributed by atoms with Crippen LogP contribution in [0, 0.1) is 5.92 Å². The highest BCUT2D eigenvalue weighted by Crippen LogP contribution is 2.24. The molecule has 1 aliphatic heterocycles. The Morgan fingerprint density at radius 3 is 2.48 bits per heavy atom. The number of anilines is 2. The maximum absolute atomic E-state index is 11.8. The minimum Gasteiger partial charge on any atom is -0.363 e. The molecule has 0 spiro atoms. The van der Waals surface area contributed by atoms with Crippen molar-refractivity contribution in [1.29, 1.82) is 0 Å². The molecule has 1 amide bonds. The van der Waals surface area contributed by atoms with Gasteiger partial charge in [-0.2, -0.15) is 0 Å². The third-order valence-electron chi connectivity index (χ3n) is 5.16. The van der Waals surface area contributed by atoms with Crippen molar-refractivity contribution >= 4 is 57.9 Å². The third kappa shape index (κ3) is 7.99. The number of guanidine groups is 1. The Kier molecular flexibility index (Phi) is 10.6. The highest BCUT2D eigenvalue weighted by atomic mass is 127. The van der Waals surface area contributed by atoms with E-state index in [1.165, 1.54) is 5.00 Å². The molecule has 3 N–H and O–H groups in total. The van der Waals surface area contributed by atoms with Gasteiger partial charge < -0.3 is 20.9 Å². The maximum Gasteiger partial charge on any atom is 0.226 e. The van der Waals surface area contributed by atoms with Crippen molar-refractivity contribution in [2.24, 2.45) is 10.9 Å². The van der Waals surface area contributed by atoms with E-state index in [4.69, 9.17) is 4.99 Å². The van der Waals surface area contributed by atoms with Crippen molar-refractivity contribution in [3.05, 3.63) is 47.3 Å². The first-order valence-corrected chi connectivity index (χ1v) is 11.7. The number of carbonyl (C=O) groups excluding carboxylic acids is 1. The van der Waals surface area contributed by atoms with Crippen LogP contribution >= 0.6 is 35.3 Å². The number of rotatable bonds is 7. The number of piperidine rings is 1. The van der Waals surface area contributed by atoms with Gasteiger partial charge in [0.1, 0.15) is 0 Å². The number of benzene rings is 1. The fourth-order valence-corrected chi connectivity index (χ4v) is 4.14. The van der Waals surface area contributed by atoms with E-state index >= 15 is 0 Å². The molecule has 170 valence electrons. The summed E-state index contributed by atoms with van der Waals surface area (Å²) in [4.78, 5) is 19.0. The summed E-state index contributed by atoms with van der Waals surface area (Å²) in [7, 11) is 0. The fraction of sp³-hybridized carbons (Fsp3) is 0.478. The number of amides is 1. The van der Waals surface area contributed by atoms with Crippen molar-refractivity contribution in [1.82, 2.24) is 10.6 Å². The number of carbonyl (C=O) groups is 1. The van der Waals surface area contributed by atoms with Crippen molar-refractivity contribution in [2.45, 2.75) is 46.2 Å². The Balaban J connectivity index is 0.00000341. The lowest BCUT2D eigenvalue weighted by Crippen LogP contribution is -2.48. The standard InChI is InChI=1S/C23H33N5OS.HI/c1-4-24-23(27-20-11-13-28(14-12-20)21-6-5-15-30-21)25-16-18-7-9-19(10-8-18)26-22(29)17(2)3;/h5-10,15,17,20H,4,11-14,16H2,1-3H3,(H,26,29)(H2,24,25,27);1H. The Labute approximate surface area is 206 Å². The summed E-state index contributed by atoms with van der Waals surface area (Å²) in [5, 5.41) is 13.4. The summed E-state index contributed by atoms with van der Waals surface area (Å²) in [5.41, 5.74) is 1.94. The van der Waals surface area contributed by atoms with Gasteiger partial charge in [0.25, 0.3) is 0 Å². The average Bonchev–Trinajstić information content (AvgIpc) is 3.28. The molecule has 8 heteroatoms. The predicted octanol–water partition coefficient (Wildman–Crippen LogP) is 4.68. The van der Waals surface area contributed by atoms with Crippen LogP contribution in [0.3, 0.4) is 0 Å². The van der Waals surface area contributed by atoms with Gasteiger partial charge in [-0.3, -0.25) is 4.79 Å². The van der Waals surface area contributed by atoms with Gasteiger partial charge in [0.15, 0.2) is 5.96 Å².